The van der Waals surface area contributed by atoms with Gasteiger partial charge in [0.15, 0.2) is 17.5 Å². The van der Waals surface area contributed by atoms with E-state index in [0.29, 0.717) is 16.5 Å². The van der Waals surface area contributed by atoms with Crippen LogP contribution in [-0.4, -0.2) is 34.5 Å². The molecular weight excluding hydrogens is 389 g/mol. The average molecular weight is 405 g/mol. The third kappa shape index (κ3) is 2.54. The first-order valence-electron chi connectivity index (χ1n) is 9.11. The number of hydrogen-bond donors (Lipinski definition) is 4. The van der Waals surface area contributed by atoms with Gasteiger partial charge < -0.3 is 25.0 Å². The smallest absolute Gasteiger partial charge is 0.203 e. The fraction of sp³-hybridized carbons (Fsp3) is 0.0455. The number of benzene rings is 2. The number of halogens is 1. The first-order valence-corrected chi connectivity index (χ1v) is 9.11. The van der Waals surface area contributed by atoms with Crippen molar-refractivity contribution in [3.63, 3.8) is 0 Å². The molecule has 5 rings (SSSR count). The molecule has 0 fully saturated rings. The normalized spacial score (nSPS) is 11.5. The van der Waals surface area contributed by atoms with E-state index in [9.17, 15) is 24.8 Å². The molecule has 150 valence electrons. The average Bonchev–Trinajstić information content (AvgIpc) is 3.24. The number of phenols is 1. The Morgan fingerprint density at radius 3 is 2.27 bits per heavy atom. The molecule has 3 aromatic heterocycles. The SMILES string of the molecule is Oc1c2ncccc2c(-n2c(O)ccc2O)c2cn(Cc3ccc(F)cc3)c(O)c12. The Labute approximate surface area is 169 Å². The minimum absolute atomic E-state index is 0.130. The second kappa shape index (κ2) is 6.41. The van der Waals surface area contributed by atoms with Gasteiger partial charge in [0.25, 0.3) is 0 Å². The Kier molecular flexibility index (Phi) is 3.82. The zero-order chi connectivity index (χ0) is 21.0. The van der Waals surface area contributed by atoms with Gasteiger partial charge in [-0.2, -0.15) is 0 Å². The third-order valence-corrected chi connectivity index (χ3v) is 5.16. The van der Waals surface area contributed by atoms with E-state index < -0.39 is 0 Å². The molecule has 0 unspecified atom stereocenters. The van der Waals surface area contributed by atoms with Crippen LogP contribution in [-0.2, 0) is 6.54 Å². The number of fused-ring (bicyclic) bond motifs is 2. The maximum atomic E-state index is 13.2. The van der Waals surface area contributed by atoms with Gasteiger partial charge in [-0.3, -0.25) is 9.55 Å². The lowest BCUT2D eigenvalue weighted by Gasteiger charge is -2.13. The van der Waals surface area contributed by atoms with Crippen molar-refractivity contribution < 1.29 is 24.8 Å². The van der Waals surface area contributed by atoms with Gasteiger partial charge >= 0.3 is 0 Å². The fourth-order valence-electron chi connectivity index (χ4n) is 3.80. The molecule has 4 N–H and O–H groups in total. The Morgan fingerprint density at radius 1 is 0.867 bits per heavy atom. The van der Waals surface area contributed by atoms with Crippen molar-refractivity contribution in [1.82, 2.24) is 14.1 Å². The van der Waals surface area contributed by atoms with Crippen LogP contribution >= 0.6 is 0 Å². The minimum Gasteiger partial charge on any atom is -0.505 e. The molecule has 30 heavy (non-hydrogen) atoms. The number of nitrogens with zero attached hydrogens (tertiary/aromatic N) is 3. The molecular formula is C22H16FN3O4. The summed E-state index contributed by atoms with van der Waals surface area (Å²) in [6.45, 7) is 0.215. The second-order valence-electron chi connectivity index (χ2n) is 6.98. The van der Waals surface area contributed by atoms with E-state index in [0.717, 1.165) is 5.56 Å². The van der Waals surface area contributed by atoms with Crippen LogP contribution in [0.4, 0.5) is 4.39 Å². The molecule has 0 saturated heterocycles. The molecule has 3 heterocycles. The third-order valence-electron chi connectivity index (χ3n) is 5.16. The van der Waals surface area contributed by atoms with Crippen LogP contribution in [0.1, 0.15) is 5.56 Å². The largest absolute Gasteiger partial charge is 0.505 e. The maximum absolute atomic E-state index is 13.2. The lowest BCUT2D eigenvalue weighted by Crippen LogP contribution is -1.97. The summed E-state index contributed by atoms with van der Waals surface area (Å²) in [6, 6.07) is 11.9. The van der Waals surface area contributed by atoms with E-state index in [1.807, 2.05) is 0 Å². The van der Waals surface area contributed by atoms with Crippen LogP contribution in [0.2, 0.25) is 0 Å². The van der Waals surface area contributed by atoms with Crippen molar-refractivity contribution in [2.45, 2.75) is 6.54 Å². The van der Waals surface area contributed by atoms with E-state index in [-0.39, 0.29) is 46.7 Å². The molecule has 0 aliphatic rings. The Bertz CT molecular complexity index is 1400. The molecule has 0 atom stereocenters. The topological polar surface area (TPSA) is 104 Å². The summed E-state index contributed by atoms with van der Waals surface area (Å²) in [4.78, 5) is 4.22. The van der Waals surface area contributed by atoms with Crippen LogP contribution in [0.5, 0.6) is 23.4 Å². The summed E-state index contributed by atoms with van der Waals surface area (Å²) < 4.78 is 15.9. The zero-order valence-electron chi connectivity index (χ0n) is 15.5. The zero-order valence-corrected chi connectivity index (χ0v) is 15.5. The summed E-state index contributed by atoms with van der Waals surface area (Å²) in [5.41, 5.74) is 1.31. The van der Waals surface area contributed by atoms with E-state index in [4.69, 9.17) is 0 Å². The van der Waals surface area contributed by atoms with Gasteiger partial charge in [0, 0.05) is 35.3 Å². The molecule has 0 radical (unpaired) electrons. The minimum atomic E-state index is -0.364. The van der Waals surface area contributed by atoms with Gasteiger partial charge in [0.05, 0.1) is 17.6 Å². The molecule has 0 bridgehead atoms. The van der Waals surface area contributed by atoms with Crippen molar-refractivity contribution in [2.24, 2.45) is 0 Å². The number of aromatic hydroxyl groups is 4. The Balaban J connectivity index is 1.85. The van der Waals surface area contributed by atoms with E-state index in [2.05, 4.69) is 4.98 Å². The number of hydrogen-bond acceptors (Lipinski definition) is 5. The van der Waals surface area contributed by atoms with Crippen molar-refractivity contribution in [2.75, 3.05) is 0 Å². The predicted octanol–water partition coefficient (Wildman–Crippen LogP) is 3.99. The van der Waals surface area contributed by atoms with Crippen LogP contribution in [0.15, 0.2) is 60.9 Å². The van der Waals surface area contributed by atoms with Crippen molar-refractivity contribution in [1.29, 1.82) is 0 Å². The van der Waals surface area contributed by atoms with E-state index >= 15 is 0 Å². The molecule has 5 aromatic rings. The van der Waals surface area contributed by atoms with Gasteiger partial charge in [0.1, 0.15) is 11.3 Å². The van der Waals surface area contributed by atoms with Gasteiger partial charge in [-0.1, -0.05) is 12.1 Å². The molecule has 0 aliphatic carbocycles. The van der Waals surface area contributed by atoms with Crippen LogP contribution in [0.3, 0.4) is 0 Å². The molecule has 7 nitrogen and oxygen atoms in total. The highest BCUT2D eigenvalue weighted by Crippen LogP contribution is 2.45. The maximum Gasteiger partial charge on any atom is 0.203 e. The predicted molar refractivity (Wildman–Crippen MR) is 109 cm³/mol. The Hall–Kier alpha value is -4.20. The molecule has 0 saturated carbocycles. The fourth-order valence-corrected chi connectivity index (χ4v) is 3.80. The summed E-state index contributed by atoms with van der Waals surface area (Å²) in [6.07, 6.45) is 3.11. The first-order chi connectivity index (χ1) is 14.5. The van der Waals surface area contributed by atoms with Crippen LogP contribution in [0, 0.1) is 5.82 Å². The highest BCUT2D eigenvalue weighted by atomic mass is 19.1. The second-order valence-corrected chi connectivity index (χ2v) is 6.98. The van der Waals surface area contributed by atoms with Crippen molar-refractivity contribution in [3.8, 4) is 29.1 Å². The lowest BCUT2D eigenvalue weighted by molar-refractivity contribution is 0.403. The summed E-state index contributed by atoms with van der Waals surface area (Å²) in [5, 5.41) is 43.4. The number of phenolic OH excluding ortho intramolecular Hbond substituents is 1. The van der Waals surface area contributed by atoms with Crippen LogP contribution in [0.25, 0.3) is 27.4 Å². The Morgan fingerprint density at radius 2 is 1.57 bits per heavy atom. The highest BCUT2D eigenvalue weighted by Gasteiger charge is 2.24. The molecule has 0 spiro atoms. The van der Waals surface area contributed by atoms with Gasteiger partial charge in [-0.05, 0) is 29.8 Å². The molecule has 8 heteroatoms. The quantitative estimate of drug-likeness (QED) is 0.363. The number of rotatable bonds is 3. The summed E-state index contributed by atoms with van der Waals surface area (Å²) >= 11 is 0. The number of pyridine rings is 1. The lowest BCUT2D eigenvalue weighted by atomic mass is 10.1. The van der Waals surface area contributed by atoms with E-state index in [1.165, 1.54) is 39.6 Å². The van der Waals surface area contributed by atoms with E-state index in [1.54, 1.807) is 30.5 Å². The summed E-state index contributed by atoms with van der Waals surface area (Å²) in [7, 11) is 0. The van der Waals surface area contributed by atoms with Gasteiger partial charge in [0.2, 0.25) is 5.88 Å². The first kappa shape index (κ1) is 17.9. The van der Waals surface area contributed by atoms with Gasteiger partial charge in [-0.25, -0.2) is 4.39 Å². The standard InChI is InChI=1S/C22H16FN3O4/c23-13-5-3-12(4-6-13)10-25-11-15-18(22(25)30)21(29)19-14(2-1-9-24-19)20(15)26-16(27)7-8-17(26)28/h1-9,11,27-30H,10H2. The monoisotopic (exact) mass is 405 g/mol. The number of aromatic nitrogens is 3. The highest BCUT2D eigenvalue weighted by molar-refractivity contribution is 6.13. The van der Waals surface area contributed by atoms with Crippen molar-refractivity contribution in [3.05, 3.63) is 72.3 Å². The van der Waals surface area contributed by atoms with Gasteiger partial charge in [-0.15, -0.1) is 0 Å². The molecule has 0 aliphatic heterocycles. The van der Waals surface area contributed by atoms with Crippen LogP contribution < -0.4 is 0 Å². The molecule has 2 aromatic carbocycles. The van der Waals surface area contributed by atoms with Crippen molar-refractivity contribution >= 4 is 21.7 Å². The summed E-state index contributed by atoms with van der Waals surface area (Å²) in [5.74, 6) is -1.22. The molecule has 0 amide bonds.